The van der Waals surface area contributed by atoms with Crippen LogP contribution in [0.1, 0.15) is 42.4 Å². The molecule has 3 rings (SSSR count). The molecule has 2 N–H and O–H groups in total. The highest BCUT2D eigenvalue weighted by molar-refractivity contribution is 5.76. The number of H-pyrrole nitrogens is 1. The van der Waals surface area contributed by atoms with Crippen LogP contribution in [0.15, 0.2) is 40.8 Å². The summed E-state index contributed by atoms with van der Waals surface area (Å²) < 4.78 is 5.84. The number of rotatable bonds is 6. The Bertz CT molecular complexity index is 848. The lowest BCUT2D eigenvalue weighted by Gasteiger charge is -2.09. The molecular formula is C19H22N4O2. The summed E-state index contributed by atoms with van der Waals surface area (Å²) in [5.74, 6) is 2.89. The van der Waals surface area contributed by atoms with E-state index < -0.39 is 0 Å². The summed E-state index contributed by atoms with van der Waals surface area (Å²) in [5.41, 5.74) is 2.25. The van der Waals surface area contributed by atoms with E-state index in [2.05, 4.69) is 39.6 Å². The van der Waals surface area contributed by atoms with E-state index in [1.807, 2.05) is 38.1 Å². The molecule has 6 nitrogen and oxygen atoms in total. The maximum Gasteiger partial charge on any atom is 0.221 e. The summed E-state index contributed by atoms with van der Waals surface area (Å²) in [6.07, 6.45) is 0.909. The standard InChI is InChI=1S/C19H22N4O2/c1-12-4-6-15(7-5-12)17-10-8-16(25-17)9-11-18(24)20-13(2)19-21-14(3)22-23-19/h4-8,10,13H,9,11H2,1-3H3,(H,20,24)(H,21,22,23)/t13-/m0/s1. The van der Waals surface area contributed by atoms with E-state index in [1.54, 1.807) is 0 Å². The van der Waals surface area contributed by atoms with Crippen LogP contribution in [0.5, 0.6) is 0 Å². The fraction of sp³-hybridized carbons (Fsp3) is 0.316. The molecule has 0 aliphatic rings. The molecule has 25 heavy (non-hydrogen) atoms. The van der Waals surface area contributed by atoms with Gasteiger partial charge in [-0.05, 0) is 32.9 Å². The first kappa shape index (κ1) is 17.0. The Kier molecular flexibility index (Phi) is 4.97. The number of aromatic amines is 1. The largest absolute Gasteiger partial charge is 0.461 e. The molecule has 2 aromatic heterocycles. The van der Waals surface area contributed by atoms with Gasteiger partial charge in [-0.2, -0.15) is 5.10 Å². The summed E-state index contributed by atoms with van der Waals surface area (Å²) in [6, 6.07) is 11.8. The summed E-state index contributed by atoms with van der Waals surface area (Å²) in [4.78, 5) is 16.3. The minimum Gasteiger partial charge on any atom is -0.461 e. The van der Waals surface area contributed by atoms with Crippen LogP contribution in [-0.2, 0) is 11.2 Å². The minimum absolute atomic E-state index is 0.0526. The van der Waals surface area contributed by atoms with Crippen LogP contribution in [0.25, 0.3) is 11.3 Å². The molecule has 0 radical (unpaired) electrons. The average molecular weight is 338 g/mol. The number of carbonyl (C=O) groups excluding carboxylic acids is 1. The van der Waals surface area contributed by atoms with Gasteiger partial charge in [0.1, 0.15) is 17.3 Å². The zero-order valence-corrected chi connectivity index (χ0v) is 14.7. The topological polar surface area (TPSA) is 83.8 Å². The van der Waals surface area contributed by atoms with Crippen LogP contribution in [0.3, 0.4) is 0 Å². The Hall–Kier alpha value is -2.89. The summed E-state index contributed by atoms with van der Waals surface area (Å²) in [5, 5.41) is 9.73. The van der Waals surface area contributed by atoms with E-state index in [0.29, 0.717) is 18.7 Å². The monoisotopic (exact) mass is 338 g/mol. The molecule has 3 aromatic rings. The lowest BCUT2D eigenvalue weighted by molar-refractivity contribution is -0.121. The molecule has 2 heterocycles. The fourth-order valence-electron chi connectivity index (χ4n) is 2.55. The Morgan fingerprint density at radius 2 is 1.96 bits per heavy atom. The molecule has 0 saturated heterocycles. The summed E-state index contributed by atoms with van der Waals surface area (Å²) >= 11 is 0. The van der Waals surface area contributed by atoms with Crippen molar-refractivity contribution in [3.05, 3.63) is 59.4 Å². The lowest BCUT2D eigenvalue weighted by atomic mass is 10.1. The van der Waals surface area contributed by atoms with Crippen molar-refractivity contribution in [1.82, 2.24) is 20.5 Å². The number of amides is 1. The Balaban J connectivity index is 1.53. The van der Waals surface area contributed by atoms with Crippen LogP contribution < -0.4 is 5.32 Å². The molecule has 0 aliphatic carbocycles. The first-order chi connectivity index (χ1) is 12.0. The van der Waals surface area contributed by atoms with Crippen LogP contribution in [0, 0.1) is 13.8 Å². The average Bonchev–Trinajstić information content (AvgIpc) is 3.23. The van der Waals surface area contributed by atoms with Gasteiger partial charge in [0, 0.05) is 18.4 Å². The van der Waals surface area contributed by atoms with Crippen LogP contribution in [-0.4, -0.2) is 21.1 Å². The van der Waals surface area contributed by atoms with Gasteiger partial charge in [0.15, 0.2) is 5.82 Å². The predicted molar refractivity (Wildman–Crippen MR) is 94.9 cm³/mol. The van der Waals surface area contributed by atoms with Gasteiger partial charge in [0.25, 0.3) is 0 Å². The zero-order chi connectivity index (χ0) is 17.8. The fourth-order valence-corrected chi connectivity index (χ4v) is 2.55. The number of nitrogens with zero attached hydrogens (tertiary/aromatic N) is 2. The molecule has 1 amide bonds. The van der Waals surface area contributed by atoms with Gasteiger partial charge < -0.3 is 9.73 Å². The van der Waals surface area contributed by atoms with Gasteiger partial charge in [-0.3, -0.25) is 9.89 Å². The Labute approximate surface area is 146 Å². The summed E-state index contributed by atoms with van der Waals surface area (Å²) in [7, 11) is 0. The van der Waals surface area contributed by atoms with Crippen molar-refractivity contribution >= 4 is 5.91 Å². The minimum atomic E-state index is -0.225. The van der Waals surface area contributed by atoms with Gasteiger partial charge in [-0.15, -0.1) is 0 Å². The van der Waals surface area contributed by atoms with Crippen molar-refractivity contribution in [2.75, 3.05) is 0 Å². The summed E-state index contributed by atoms with van der Waals surface area (Å²) in [6.45, 7) is 5.74. The van der Waals surface area contributed by atoms with Crippen molar-refractivity contribution in [2.24, 2.45) is 0 Å². The van der Waals surface area contributed by atoms with E-state index in [9.17, 15) is 4.79 Å². The number of nitrogens with one attached hydrogen (secondary N) is 2. The second-order valence-electron chi connectivity index (χ2n) is 6.20. The van der Waals surface area contributed by atoms with Gasteiger partial charge in [-0.25, -0.2) is 4.98 Å². The number of hydrogen-bond donors (Lipinski definition) is 2. The number of aryl methyl sites for hydroxylation is 3. The third-order valence-electron chi connectivity index (χ3n) is 3.98. The molecule has 130 valence electrons. The Morgan fingerprint density at radius 3 is 2.64 bits per heavy atom. The molecule has 0 aliphatic heterocycles. The van der Waals surface area contributed by atoms with Crippen molar-refractivity contribution in [3.63, 3.8) is 0 Å². The van der Waals surface area contributed by atoms with E-state index in [0.717, 1.165) is 22.9 Å². The highest BCUT2D eigenvalue weighted by Gasteiger charge is 2.14. The maximum absolute atomic E-state index is 12.1. The van der Waals surface area contributed by atoms with E-state index in [4.69, 9.17) is 4.42 Å². The van der Waals surface area contributed by atoms with Crippen LogP contribution in [0.2, 0.25) is 0 Å². The molecule has 1 atom stereocenters. The van der Waals surface area contributed by atoms with E-state index in [-0.39, 0.29) is 11.9 Å². The van der Waals surface area contributed by atoms with Gasteiger partial charge in [0.05, 0.1) is 6.04 Å². The van der Waals surface area contributed by atoms with Gasteiger partial charge in [-0.1, -0.05) is 29.8 Å². The van der Waals surface area contributed by atoms with Crippen molar-refractivity contribution in [2.45, 2.75) is 39.7 Å². The third kappa shape index (κ3) is 4.35. The number of hydrogen-bond acceptors (Lipinski definition) is 4. The van der Waals surface area contributed by atoms with Crippen molar-refractivity contribution < 1.29 is 9.21 Å². The van der Waals surface area contributed by atoms with E-state index in [1.165, 1.54) is 5.56 Å². The van der Waals surface area contributed by atoms with E-state index >= 15 is 0 Å². The lowest BCUT2D eigenvalue weighted by Crippen LogP contribution is -2.27. The third-order valence-corrected chi connectivity index (χ3v) is 3.98. The number of carbonyl (C=O) groups is 1. The molecule has 0 unspecified atom stereocenters. The number of furan rings is 1. The smallest absolute Gasteiger partial charge is 0.221 e. The number of benzene rings is 1. The molecule has 0 saturated carbocycles. The van der Waals surface area contributed by atoms with Gasteiger partial charge >= 0.3 is 0 Å². The highest BCUT2D eigenvalue weighted by Crippen LogP contribution is 2.23. The molecule has 1 aromatic carbocycles. The second-order valence-corrected chi connectivity index (χ2v) is 6.20. The quantitative estimate of drug-likeness (QED) is 0.720. The molecule has 0 fully saturated rings. The van der Waals surface area contributed by atoms with Crippen LogP contribution in [0.4, 0.5) is 0 Å². The maximum atomic E-state index is 12.1. The zero-order valence-electron chi connectivity index (χ0n) is 14.7. The predicted octanol–water partition coefficient (Wildman–Crippen LogP) is 3.49. The number of aromatic nitrogens is 3. The van der Waals surface area contributed by atoms with Crippen molar-refractivity contribution in [3.8, 4) is 11.3 Å². The molecule has 0 bridgehead atoms. The molecule has 0 spiro atoms. The highest BCUT2D eigenvalue weighted by atomic mass is 16.3. The molecular weight excluding hydrogens is 316 g/mol. The van der Waals surface area contributed by atoms with Gasteiger partial charge in [0.2, 0.25) is 5.91 Å². The van der Waals surface area contributed by atoms with Crippen molar-refractivity contribution in [1.29, 1.82) is 0 Å². The first-order valence-corrected chi connectivity index (χ1v) is 8.35. The SMILES string of the molecule is Cc1ccc(-c2ccc(CCC(=O)N[C@@H](C)c3n[nH]c(C)n3)o2)cc1. The first-order valence-electron chi connectivity index (χ1n) is 8.35. The van der Waals surface area contributed by atoms with Crippen LogP contribution >= 0.6 is 0 Å². The molecule has 6 heteroatoms. The second kappa shape index (κ2) is 7.34. The Morgan fingerprint density at radius 1 is 1.20 bits per heavy atom. The normalized spacial score (nSPS) is 12.1.